The van der Waals surface area contributed by atoms with E-state index in [2.05, 4.69) is 16.3 Å². The van der Waals surface area contributed by atoms with Crippen molar-refractivity contribution in [3.63, 3.8) is 0 Å². The number of ketones is 1. The second kappa shape index (κ2) is 6.27. The van der Waals surface area contributed by atoms with Crippen molar-refractivity contribution < 1.29 is 14.3 Å². The lowest BCUT2D eigenvalue weighted by Crippen LogP contribution is -2.02. The lowest BCUT2D eigenvalue weighted by Gasteiger charge is -1.93. The van der Waals surface area contributed by atoms with E-state index in [4.69, 9.17) is 0 Å². The largest absolute Gasteiger partial charge is 0.444 e. The predicted molar refractivity (Wildman–Crippen MR) is 45.3 cm³/mol. The number of nitrogens with zero attached hydrogens (tertiary/aromatic N) is 1. The van der Waals surface area contributed by atoms with Crippen LogP contribution in [0, 0.1) is 0 Å². The normalized spacial score (nSPS) is 9.75. The standard InChI is InChI=1S/C8H11NO3/c1-3-5-12-8(11)9-6-7(10)4-2/h3,6H,1,4-5H2,2H3. The van der Waals surface area contributed by atoms with Crippen molar-refractivity contribution >= 4 is 18.1 Å². The van der Waals surface area contributed by atoms with Gasteiger partial charge in [0.15, 0.2) is 5.78 Å². The van der Waals surface area contributed by atoms with E-state index in [1.807, 2.05) is 0 Å². The molecule has 12 heavy (non-hydrogen) atoms. The zero-order valence-electron chi connectivity index (χ0n) is 6.95. The molecule has 0 aromatic rings. The molecule has 0 spiro atoms. The number of hydrogen-bond acceptors (Lipinski definition) is 3. The third kappa shape index (κ3) is 5.34. The van der Waals surface area contributed by atoms with Crippen LogP contribution in [-0.4, -0.2) is 24.7 Å². The Morgan fingerprint density at radius 3 is 2.75 bits per heavy atom. The zero-order valence-corrected chi connectivity index (χ0v) is 6.95. The summed E-state index contributed by atoms with van der Waals surface area (Å²) in [6.07, 6.45) is 1.95. The molecule has 4 heteroatoms. The molecule has 4 nitrogen and oxygen atoms in total. The Morgan fingerprint density at radius 2 is 2.25 bits per heavy atom. The van der Waals surface area contributed by atoms with Crippen molar-refractivity contribution in [2.75, 3.05) is 6.61 Å². The van der Waals surface area contributed by atoms with Crippen molar-refractivity contribution in [1.29, 1.82) is 0 Å². The Hall–Kier alpha value is -1.45. The summed E-state index contributed by atoms with van der Waals surface area (Å²) >= 11 is 0. The van der Waals surface area contributed by atoms with Crippen LogP contribution >= 0.6 is 0 Å². The molecular formula is C8H11NO3. The van der Waals surface area contributed by atoms with E-state index in [0.717, 1.165) is 6.21 Å². The number of hydrogen-bond donors (Lipinski definition) is 0. The number of Topliss-reactive ketones (excluding diaryl/α,β-unsaturated/α-hetero) is 1. The molecule has 0 aliphatic carbocycles. The molecule has 0 aromatic carbocycles. The van der Waals surface area contributed by atoms with Crippen molar-refractivity contribution in [1.82, 2.24) is 0 Å². The molecule has 0 heterocycles. The average molecular weight is 169 g/mol. The van der Waals surface area contributed by atoms with Gasteiger partial charge in [-0.15, -0.1) is 0 Å². The van der Waals surface area contributed by atoms with Gasteiger partial charge < -0.3 is 4.74 Å². The summed E-state index contributed by atoms with van der Waals surface area (Å²) in [5, 5.41) is 0. The summed E-state index contributed by atoms with van der Waals surface area (Å²) in [5.41, 5.74) is 0. The van der Waals surface area contributed by atoms with E-state index in [1.165, 1.54) is 6.08 Å². The van der Waals surface area contributed by atoms with Crippen LogP contribution in [0.15, 0.2) is 17.6 Å². The molecular weight excluding hydrogens is 158 g/mol. The van der Waals surface area contributed by atoms with Gasteiger partial charge in [0.05, 0.1) is 6.21 Å². The van der Waals surface area contributed by atoms with Crippen LogP contribution in [0.3, 0.4) is 0 Å². The summed E-state index contributed by atoms with van der Waals surface area (Å²) in [6.45, 7) is 5.14. The van der Waals surface area contributed by atoms with Crippen LogP contribution < -0.4 is 0 Å². The molecule has 1 amide bonds. The molecule has 0 aliphatic heterocycles. The fourth-order valence-corrected chi connectivity index (χ4v) is 0.383. The summed E-state index contributed by atoms with van der Waals surface area (Å²) < 4.78 is 4.48. The van der Waals surface area contributed by atoms with Gasteiger partial charge >= 0.3 is 6.09 Å². The Bertz CT molecular complexity index is 208. The first kappa shape index (κ1) is 10.6. The maximum absolute atomic E-state index is 10.6. The minimum atomic E-state index is -0.767. The first-order valence-corrected chi connectivity index (χ1v) is 3.55. The van der Waals surface area contributed by atoms with E-state index in [0.29, 0.717) is 6.42 Å². The molecule has 0 bridgehead atoms. The third-order valence-corrected chi connectivity index (χ3v) is 0.987. The number of carbonyl (C=O) groups excluding carboxylic acids is 2. The number of amides is 1. The van der Waals surface area contributed by atoms with E-state index in [9.17, 15) is 9.59 Å². The number of aliphatic imine (C=N–C) groups is 1. The fraction of sp³-hybridized carbons (Fsp3) is 0.375. The first-order valence-electron chi connectivity index (χ1n) is 3.55. The van der Waals surface area contributed by atoms with E-state index in [1.54, 1.807) is 6.92 Å². The second-order valence-corrected chi connectivity index (χ2v) is 1.94. The van der Waals surface area contributed by atoms with Gasteiger partial charge in [0.2, 0.25) is 0 Å². The lowest BCUT2D eigenvalue weighted by molar-refractivity contribution is -0.112. The number of carbonyl (C=O) groups is 2. The Kier molecular flexibility index (Phi) is 5.51. The molecule has 0 aliphatic rings. The summed E-state index contributed by atoms with van der Waals surface area (Å²) in [5.74, 6) is -0.203. The van der Waals surface area contributed by atoms with Gasteiger partial charge in [-0.3, -0.25) is 4.79 Å². The van der Waals surface area contributed by atoms with Gasteiger partial charge in [-0.2, -0.15) is 4.99 Å². The molecule has 0 fully saturated rings. The molecule has 0 saturated carbocycles. The molecule has 0 rings (SSSR count). The SMILES string of the molecule is C=CCOC(=O)N=CC(=O)CC. The summed E-state index contributed by atoms with van der Waals surface area (Å²) in [6, 6.07) is 0. The van der Waals surface area contributed by atoms with Crippen molar-refractivity contribution in [3.8, 4) is 0 Å². The van der Waals surface area contributed by atoms with Gasteiger partial charge in [0.25, 0.3) is 0 Å². The maximum atomic E-state index is 10.6. The number of ether oxygens (including phenoxy) is 1. The van der Waals surface area contributed by atoms with Gasteiger partial charge in [-0.05, 0) is 0 Å². The van der Waals surface area contributed by atoms with Crippen LogP contribution in [0.25, 0.3) is 0 Å². The van der Waals surface area contributed by atoms with Gasteiger partial charge in [-0.25, -0.2) is 4.79 Å². The lowest BCUT2D eigenvalue weighted by atomic mass is 10.3. The highest BCUT2D eigenvalue weighted by atomic mass is 16.5. The molecule has 0 radical (unpaired) electrons. The molecule has 0 atom stereocenters. The van der Waals surface area contributed by atoms with E-state index >= 15 is 0 Å². The monoisotopic (exact) mass is 169 g/mol. The molecule has 0 aromatic heterocycles. The maximum Gasteiger partial charge on any atom is 0.433 e. The highest BCUT2D eigenvalue weighted by Gasteiger charge is 1.97. The van der Waals surface area contributed by atoms with Crippen LogP contribution in [-0.2, 0) is 9.53 Å². The third-order valence-electron chi connectivity index (χ3n) is 0.987. The van der Waals surface area contributed by atoms with Crippen molar-refractivity contribution in [2.24, 2.45) is 4.99 Å². The minimum absolute atomic E-state index is 0.108. The average Bonchev–Trinajstić information content (AvgIpc) is 2.10. The van der Waals surface area contributed by atoms with Crippen LogP contribution in [0.4, 0.5) is 4.79 Å². The van der Waals surface area contributed by atoms with Gasteiger partial charge in [0.1, 0.15) is 6.61 Å². The van der Waals surface area contributed by atoms with Gasteiger partial charge in [0, 0.05) is 6.42 Å². The Balaban J connectivity index is 3.75. The van der Waals surface area contributed by atoms with Crippen LogP contribution in [0.2, 0.25) is 0 Å². The fourth-order valence-electron chi connectivity index (χ4n) is 0.383. The number of rotatable bonds is 4. The van der Waals surface area contributed by atoms with Crippen molar-refractivity contribution in [3.05, 3.63) is 12.7 Å². The molecule has 66 valence electrons. The van der Waals surface area contributed by atoms with E-state index in [-0.39, 0.29) is 12.4 Å². The highest BCUT2D eigenvalue weighted by Crippen LogP contribution is 1.84. The Morgan fingerprint density at radius 1 is 1.58 bits per heavy atom. The topological polar surface area (TPSA) is 55.7 Å². The second-order valence-electron chi connectivity index (χ2n) is 1.94. The molecule has 0 unspecified atom stereocenters. The summed E-state index contributed by atoms with van der Waals surface area (Å²) in [7, 11) is 0. The smallest absolute Gasteiger partial charge is 0.433 e. The highest BCUT2D eigenvalue weighted by molar-refractivity contribution is 6.28. The molecule has 0 N–H and O–H groups in total. The Labute approximate surface area is 70.9 Å². The van der Waals surface area contributed by atoms with E-state index < -0.39 is 6.09 Å². The zero-order chi connectivity index (χ0) is 9.40. The van der Waals surface area contributed by atoms with Crippen LogP contribution in [0.1, 0.15) is 13.3 Å². The summed E-state index contributed by atoms with van der Waals surface area (Å²) in [4.78, 5) is 24.5. The van der Waals surface area contributed by atoms with Crippen LogP contribution in [0.5, 0.6) is 0 Å². The quantitative estimate of drug-likeness (QED) is 0.471. The molecule has 0 saturated heterocycles. The van der Waals surface area contributed by atoms with Gasteiger partial charge in [-0.1, -0.05) is 19.6 Å². The predicted octanol–water partition coefficient (Wildman–Crippen LogP) is 1.36. The minimum Gasteiger partial charge on any atom is -0.444 e. The van der Waals surface area contributed by atoms with Crippen molar-refractivity contribution in [2.45, 2.75) is 13.3 Å². The first-order chi connectivity index (χ1) is 5.70.